The highest BCUT2D eigenvalue weighted by Gasteiger charge is 2.09. The molecule has 0 saturated heterocycles. The van der Waals surface area contributed by atoms with Crippen LogP contribution in [0.25, 0.3) is 6.08 Å². The van der Waals surface area contributed by atoms with Gasteiger partial charge in [-0.2, -0.15) is 0 Å². The topological polar surface area (TPSA) is 42.0 Å². The number of halogens is 3. The predicted octanol–water partition coefficient (Wildman–Crippen LogP) is 4.10. The summed E-state index contributed by atoms with van der Waals surface area (Å²) in [6.07, 6.45) is 2.76. The minimum Gasteiger partial charge on any atom is -0.348 e. The summed E-state index contributed by atoms with van der Waals surface area (Å²) in [5, 5.41) is 3.04. The summed E-state index contributed by atoms with van der Waals surface area (Å²) in [6.45, 7) is 3.78. The van der Waals surface area contributed by atoms with Crippen LogP contribution in [0, 0.1) is 5.82 Å². The first-order valence-corrected chi connectivity index (χ1v) is 6.77. The zero-order chi connectivity index (χ0) is 15.4. The highest BCUT2D eigenvalue weighted by atomic mass is 35.5. The Balaban J connectivity index is 2.07. The first-order chi connectivity index (χ1) is 10.0. The van der Waals surface area contributed by atoms with Crippen molar-refractivity contribution in [3.63, 3.8) is 0 Å². The van der Waals surface area contributed by atoms with E-state index in [1.54, 1.807) is 12.1 Å². The van der Waals surface area contributed by atoms with Crippen molar-refractivity contribution in [1.29, 1.82) is 0 Å². The molecular weight excluding hydrogens is 314 g/mol. The van der Waals surface area contributed by atoms with Crippen molar-refractivity contribution in [2.45, 2.75) is 6.54 Å². The molecule has 2 rings (SSSR count). The van der Waals surface area contributed by atoms with Crippen LogP contribution in [0.4, 0.5) is 4.39 Å². The van der Waals surface area contributed by atoms with E-state index in [0.717, 1.165) is 5.56 Å². The number of hydrogen-bond donors (Lipinski definition) is 1. The van der Waals surface area contributed by atoms with Crippen LogP contribution in [0.2, 0.25) is 10.2 Å². The Morgan fingerprint density at radius 2 is 2.14 bits per heavy atom. The minimum atomic E-state index is -0.353. The Morgan fingerprint density at radius 1 is 1.38 bits per heavy atom. The van der Waals surface area contributed by atoms with Gasteiger partial charge in [0.25, 0.3) is 5.91 Å². The van der Waals surface area contributed by atoms with Gasteiger partial charge in [-0.3, -0.25) is 4.79 Å². The standard InChI is InChI=1S/C15H11Cl2FN2O/c1-2-10-5-9(3-4-13(10)18)7-20-15(21)11-6-12(16)14(17)19-8-11/h2-6,8H,1,7H2,(H,20,21). The van der Waals surface area contributed by atoms with Crippen LogP contribution in [-0.2, 0) is 6.54 Å². The lowest BCUT2D eigenvalue weighted by atomic mass is 10.1. The Kier molecular flexibility index (Phi) is 4.94. The Labute approximate surface area is 131 Å². The van der Waals surface area contributed by atoms with Crippen molar-refractivity contribution in [2.75, 3.05) is 0 Å². The van der Waals surface area contributed by atoms with E-state index < -0.39 is 0 Å². The highest BCUT2D eigenvalue weighted by Crippen LogP contribution is 2.19. The Morgan fingerprint density at radius 3 is 2.81 bits per heavy atom. The first-order valence-electron chi connectivity index (χ1n) is 6.01. The molecule has 0 aliphatic carbocycles. The summed E-state index contributed by atoms with van der Waals surface area (Å²) < 4.78 is 13.3. The smallest absolute Gasteiger partial charge is 0.253 e. The van der Waals surface area contributed by atoms with E-state index in [1.165, 1.54) is 24.4 Å². The number of carbonyl (C=O) groups is 1. The van der Waals surface area contributed by atoms with Gasteiger partial charge in [-0.25, -0.2) is 9.37 Å². The minimum absolute atomic E-state index is 0.141. The molecular formula is C15H11Cl2FN2O. The second-order valence-electron chi connectivity index (χ2n) is 4.24. The number of benzene rings is 1. The molecule has 1 amide bonds. The molecule has 0 fully saturated rings. The number of carbonyl (C=O) groups excluding carboxylic acids is 1. The van der Waals surface area contributed by atoms with Crippen LogP contribution in [0.15, 0.2) is 37.0 Å². The lowest BCUT2D eigenvalue weighted by Crippen LogP contribution is -2.23. The van der Waals surface area contributed by atoms with Crippen molar-refractivity contribution >= 4 is 35.2 Å². The number of amides is 1. The van der Waals surface area contributed by atoms with E-state index >= 15 is 0 Å². The van der Waals surface area contributed by atoms with Gasteiger partial charge < -0.3 is 5.32 Å². The molecule has 108 valence electrons. The van der Waals surface area contributed by atoms with Crippen molar-refractivity contribution < 1.29 is 9.18 Å². The van der Waals surface area contributed by atoms with Gasteiger partial charge in [-0.1, -0.05) is 41.9 Å². The zero-order valence-corrected chi connectivity index (χ0v) is 12.4. The van der Waals surface area contributed by atoms with Crippen molar-refractivity contribution in [3.8, 4) is 0 Å². The summed E-state index contributed by atoms with van der Waals surface area (Å²) in [7, 11) is 0. The van der Waals surface area contributed by atoms with Gasteiger partial charge in [-0.15, -0.1) is 0 Å². The van der Waals surface area contributed by atoms with E-state index in [9.17, 15) is 9.18 Å². The van der Waals surface area contributed by atoms with Crippen LogP contribution < -0.4 is 5.32 Å². The molecule has 0 radical (unpaired) electrons. The highest BCUT2D eigenvalue weighted by molar-refractivity contribution is 6.41. The van der Waals surface area contributed by atoms with Gasteiger partial charge >= 0.3 is 0 Å². The average Bonchev–Trinajstić information content (AvgIpc) is 2.48. The third-order valence-electron chi connectivity index (χ3n) is 2.79. The number of pyridine rings is 1. The molecule has 0 saturated carbocycles. The second kappa shape index (κ2) is 6.70. The van der Waals surface area contributed by atoms with Gasteiger partial charge in [-0.05, 0) is 23.8 Å². The van der Waals surface area contributed by atoms with Gasteiger partial charge in [0.2, 0.25) is 0 Å². The van der Waals surface area contributed by atoms with E-state index in [0.29, 0.717) is 11.1 Å². The summed E-state index contributed by atoms with van der Waals surface area (Å²) in [4.78, 5) is 15.8. The number of nitrogens with one attached hydrogen (secondary N) is 1. The van der Waals surface area contributed by atoms with Crippen molar-refractivity contribution in [1.82, 2.24) is 10.3 Å². The molecule has 0 unspecified atom stereocenters. The van der Waals surface area contributed by atoms with Crippen LogP contribution in [0.1, 0.15) is 21.5 Å². The molecule has 0 spiro atoms. The van der Waals surface area contributed by atoms with Crippen molar-refractivity contribution in [3.05, 3.63) is 69.7 Å². The van der Waals surface area contributed by atoms with Gasteiger partial charge in [0.05, 0.1) is 10.6 Å². The van der Waals surface area contributed by atoms with Crippen molar-refractivity contribution in [2.24, 2.45) is 0 Å². The molecule has 21 heavy (non-hydrogen) atoms. The molecule has 1 heterocycles. The van der Waals surface area contributed by atoms with E-state index in [-0.39, 0.29) is 28.4 Å². The molecule has 1 aromatic carbocycles. The molecule has 3 nitrogen and oxygen atoms in total. The summed E-state index contributed by atoms with van der Waals surface area (Å²) >= 11 is 11.5. The first kappa shape index (κ1) is 15.5. The zero-order valence-electron chi connectivity index (χ0n) is 10.9. The fourth-order valence-corrected chi connectivity index (χ4v) is 1.96. The maximum atomic E-state index is 13.3. The van der Waals surface area contributed by atoms with Crippen LogP contribution >= 0.6 is 23.2 Å². The molecule has 2 aromatic rings. The van der Waals surface area contributed by atoms with Gasteiger partial charge in [0, 0.05) is 18.3 Å². The molecule has 6 heteroatoms. The van der Waals surface area contributed by atoms with E-state index in [2.05, 4.69) is 16.9 Å². The SMILES string of the molecule is C=Cc1cc(CNC(=O)c2cnc(Cl)c(Cl)c2)ccc1F. The Hall–Kier alpha value is -1.91. The van der Waals surface area contributed by atoms with E-state index in [1.807, 2.05) is 0 Å². The molecule has 0 atom stereocenters. The van der Waals surface area contributed by atoms with Gasteiger partial charge in [0.15, 0.2) is 0 Å². The molecule has 0 bridgehead atoms. The maximum absolute atomic E-state index is 13.3. The monoisotopic (exact) mass is 324 g/mol. The number of hydrogen-bond acceptors (Lipinski definition) is 2. The quantitative estimate of drug-likeness (QED) is 0.860. The number of rotatable bonds is 4. The summed E-state index contributed by atoms with van der Waals surface area (Å²) in [6, 6.07) is 5.98. The van der Waals surface area contributed by atoms with Crippen LogP contribution in [0.3, 0.4) is 0 Å². The number of nitrogens with zero attached hydrogens (tertiary/aromatic N) is 1. The summed E-state index contributed by atoms with van der Waals surface area (Å²) in [5.74, 6) is -0.695. The van der Waals surface area contributed by atoms with Crippen LogP contribution in [-0.4, -0.2) is 10.9 Å². The number of aromatic nitrogens is 1. The molecule has 1 N–H and O–H groups in total. The third kappa shape index (κ3) is 3.80. The largest absolute Gasteiger partial charge is 0.348 e. The fraction of sp³-hybridized carbons (Fsp3) is 0.0667. The predicted molar refractivity (Wildman–Crippen MR) is 81.9 cm³/mol. The Bertz CT molecular complexity index is 704. The van der Waals surface area contributed by atoms with E-state index in [4.69, 9.17) is 23.2 Å². The average molecular weight is 325 g/mol. The fourth-order valence-electron chi connectivity index (χ4n) is 1.69. The molecule has 1 aromatic heterocycles. The molecule has 0 aliphatic heterocycles. The normalized spacial score (nSPS) is 10.2. The maximum Gasteiger partial charge on any atom is 0.253 e. The lowest BCUT2D eigenvalue weighted by Gasteiger charge is -2.07. The summed E-state index contributed by atoms with van der Waals surface area (Å²) in [5.41, 5.74) is 1.45. The molecule has 0 aliphatic rings. The second-order valence-corrected chi connectivity index (χ2v) is 5.00. The van der Waals surface area contributed by atoms with Crippen LogP contribution in [0.5, 0.6) is 0 Å². The third-order valence-corrected chi connectivity index (χ3v) is 3.48. The van der Waals surface area contributed by atoms with Gasteiger partial charge in [0.1, 0.15) is 11.0 Å². The lowest BCUT2D eigenvalue weighted by molar-refractivity contribution is 0.0950.